The Morgan fingerprint density at radius 1 is 1.14 bits per heavy atom. The van der Waals surface area contributed by atoms with Gasteiger partial charge < -0.3 is 11.1 Å². The van der Waals surface area contributed by atoms with E-state index < -0.39 is 5.91 Å². The van der Waals surface area contributed by atoms with E-state index in [1.165, 1.54) is 35.3 Å². The van der Waals surface area contributed by atoms with Crippen LogP contribution in [-0.2, 0) is 24.1 Å². The first-order valence-corrected chi connectivity index (χ1v) is 8.29. The number of thiophene rings is 1. The monoisotopic (exact) mass is 314 g/mol. The number of fused-ring (bicyclic) bond motifs is 1. The summed E-state index contributed by atoms with van der Waals surface area (Å²) in [7, 11) is 0. The lowest BCUT2D eigenvalue weighted by molar-refractivity contribution is -0.115. The largest absolute Gasteiger partial charge is 0.366 e. The Morgan fingerprint density at radius 3 is 2.68 bits per heavy atom. The molecule has 1 aliphatic carbocycles. The van der Waals surface area contributed by atoms with Gasteiger partial charge in [0, 0.05) is 0 Å². The topological polar surface area (TPSA) is 72.2 Å². The first-order valence-electron chi connectivity index (χ1n) is 7.41. The number of amides is 2. The molecule has 114 valence electrons. The Kier molecular flexibility index (Phi) is 4.24. The minimum absolute atomic E-state index is 0.124. The average Bonchev–Trinajstić information content (AvgIpc) is 2.95. The van der Waals surface area contributed by atoms with Crippen molar-refractivity contribution < 1.29 is 9.59 Å². The number of anilines is 1. The molecule has 2 aromatic rings. The Labute approximate surface area is 133 Å². The molecule has 0 unspecified atom stereocenters. The number of benzene rings is 1. The Bertz CT molecular complexity index is 721. The van der Waals surface area contributed by atoms with Gasteiger partial charge in [0.2, 0.25) is 5.91 Å². The third-order valence-electron chi connectivity index (χ3n) is 3.96. The van der Waals surface area contributed by atoms with Crippen molar-refractivity contribution in [1.82, 2.24) is 0 Å². The second-order valence-corrected chi connectivity index (χ2v) is 6.48. The van der Waals surface area contributed by atoms with Gasteiger partial charge in [-0.3, -0.25) is 9.59 Å². The van der Waals surface area contributed by atoms with Gasteiger partial charge in [-0.05, 0) is 53.8 Å². The van der Waals surface area contributed by atoms with Gasteiger partial charge in [-0.25, -0.2) is 0 Å². The summed E-state index contributed by atoms with van der Waals surface area (Å²) in [5.41, 5.74) is 9.43. The Balaban J connectivity index is 1.69. The maximum Gasteiger partial charge on any atom is 0.251 e. The second-order valence-electron chi connectivity index (χ2n) is 5.56. The molecular formula is C17H18N2O2S. The van der Waals surface area contributed by atoms with E-state index in [2.05, 4.69) is 17.4 Å². The van der Waals surface area contributed by atoms with Gasteiger partial charge in [0.05, 0.1) is 12.0 Å². The van der Waals surface area contributed by atoms with Crippen LogP contribution in [0.15, 0.2) is 29.6 Å². The van der Waals surface area contributed by atoms with E-state index in [-0.39, 0.29) is 5.91 Å². The third-order valence-corrected chi connectivity index (χ3v) is 4.79. The Hall–Kier alpha value is -2.14. The van der Waals surface area contributed by atoms with Crippen LogP contribution in [0.5, 0.6) is 0 Å². The normalized spacial score (nSPS) is 13.5. The lowest BCUT2D eigenvalue weighted by Crippen LogP contribution is -2.18. The highest BCUT2D eigenvalue weighted by Crippen LogP contribution is 2.24. The molecule has 0 aliphatic heterocycles. The van der Waals surface area contributed by atoms with E-state index >= 15 is 0 Å². The van der Waals surface area contributed by atoms with Crippen LogP contribution in [-0.4, -0.2) is 11.8 Å². The van der Waals surface area contributed by atoms with E-state index in [4.69, 9.17) is 5.73 Å². The molecule has 1 aliphatic rings. The number of carbonyl (C=O) groups is 2. The fraction of sp³-hybridized carbons (Fsp3) is 0.294. The predicted octanol–water partition coefficient (Wildman–Crippen LogP) is 2.91. The lowest BCUT2D eigenvalue weighted by Gasteiger charge is -2.16. The summed E-state index contributed by atoms with van der Waals surface area (Å²) in [5, 5.41) is 5.05. The van der Waals surface area contributed by atoms with Crippen LogP contribution in [0.4, 0.5) is 5.00 Å². The van der Waals surface area contributed by atoms with Crippen LogP contribution in [0.3, 0.4) is 0 Å². The van der Waals surface area contributed by atoms with Crippen LogP contribution >= 0.6 is 11.3 Å². The van der Waals surface area contributed by atoms with Crippen molar-refractivity contribution in [3.05, 3.63) is 51.9 Å². The summed E-state index contributed by atoms with van der Waals surface area (Å²) < 4.78 is 0. The predicted molar refractivity (Wildman–Crippen MR) is 88.3 cm³/mol. The summed E-state index contributed by atoms with van der Waals surface area (Å²) in [6.45, 7) is 0. The SMILES string of the molecule is NC(=O)c1ccsc1NC(=O)Cc1ccc2c(c1)CCCC2. The molecule has 1 aromatic heterocycles. The van der Waals surface area contributed by atoms with Crippen molar-refractivity contribution in [3.63, 3.8) is 0 Å². The summed E-state index contributed by atoms with van der Waals surface area (Å²) in [5.74, 6) is -0.647. The quantitative estimate of drug-likeness (QED) is 0.911. The maximum atomic E-state index is 12.2. The fourth-order valence-electron chi connectivity index (χ4n) is 2.85. The van der Waals surface area contributed by atoms with Crippen molar-refractivity contribution >= 4 is 28.2 Å². The van der Waals surface area contributed by atoms with Crippen molar-refractivity contribution in [2.45, 2.75) is 32.1 Å². The molecule has 1 aromatic carbocycles. The van der Waals surface area contributed by atoms with Gasteiger partial charge >= 0.3 is 0 Å². The second kappa shape index (κ2) is 6.32. The summed E-state index contributed by atoms with van der Waals surface area (Å²) in [6, 6.07) is 7.92. The van der Waals surface area contributed by atoms with Crippen molar-refractivity contribution in [3.8, 4) is 0 Å². The number of nitrogens with two attached hydrogens (primary N) is 1. The van der Waals surface area contributed by atoms with E-state index in [1.54, 1.807) is 11.4 Å². The number of hydrogen-bond donors (Lipinski definition) is 2. The average molecular weight is 314 g/mol. The third kappa shape index (κ3) is 3.20. The summed E-state index contributed by atoms with van der Waals surface area (Å²) in [6.07, 6.45) is 5.02. The fourth-order valence-corrected chi connectivity index (χ4v) is 3.66. The van der Waals surface area contributed by atoms with E-state index in [9.17, 15) is 9.59 Å². The van der Waals surface area contributed by atoms with Gasteiger partial charge in [-0.1, -0.05) is 18.2 Å². The molecule has 0 radical (unpaired) electrons. The van der Waals surface area contributed by atoms with Gasteiger partial charge in [0.15, 0.2) is 0 Å². The molecule has 0 saturated heterocycles. The van der Waals surface area contributed by atoms with E-state index in [1.807, 2.05) is 6.07 Å². The first-order chi connectivity index (χ1) is 10.6. The molecule has 3 rings (SSSR count). The highest BCUT2D eigenvalue weighted by molar-refractivity contribution is 7.14. The minimum Gasteiger partial charge on any atom is -0.366 e. The number of carbonyl (C=O) groups excluding carboxylic acids is 2. The number of primary amides is 1. The number of nitrogens with one attached hydrogen (secondary N) is 1. The Morgan fingerprint density at radius 2 is 1.91 bits per heavy atom. The molecule has 0 bridgehead atoms. The minimum atomic E-state index is -0.523. The van der Waals surface area contributed by atoms with Gasteiger partial charge in [-0.2, -0.15) is 0 Å². The molecule has 0 spiro atoms. The van der Waals surface area contributed by atoms with Crippen molar-refractivity contribution in [2.75, 3.05) is 5.32 Å². The smallest absolute Gasteiger partial charge is 0.251 e. The number of rotatable bonds is 4. The molecule has 2 amide bonds. The standard InChI is InChI=1S/C17H18N2O2S/c18-16(21)14-7-8-22-17(14)19-15(20)10-11-5-6-12-3-1-2-4-13(12)9-11/h5-9H,1-4,10H2,(H2,18,21)(H,19,20). The summed E-state index contributed by atoms with van der Waals surface area (Å²) in [4.78, 5) is 23.4. The lowest BCUT2D eigenvalue weighted by atomic mass is 9.90. The molecule has 0 saturated carbocycles. The van der Waals surface area contributed by atoms with E-state index in [0.717, 1.165) is 18.4 Å². The molecular weight excluding hydrogens is 296 g/mol. The van der Waals surface area contributed by atoms with Crippen LogP contribution in [0, 0.1) is 0 Å². The first kappa shape index (κ1) is 14.8. The van der Waals surface area contributed by atoms with E-state index in [0.29, 0.717) is 17.0 Å². The summed E-state index contributed by atoms with van der Waals surface area (Å²) >= 11 is 1.31. The number of aryl methyl sites for hydroxylation is 2. The zero-order valence-electron chi connectivity index (χ0n) is 12.2. The van der Waals surface area contributed by atoms with Crippen LogP contribution in [0.25, 0.3) is 0 Å². The zero-order chi connectivity index (χ0) is 15.5. The van der Waals surface area contributed by atoms with Crippen molar-refractivity contribution in [2.24, 2.45) is 5.73 Å². The molecule has 4 nitrogen and oxygen atoms in total. The molecule has 0 fully saturated rings. The molecule has 22 heavy (non-hydrogen) atoms. The van der Waals surface area contributed by atoms with Gasteiger partial charge in [0.25, 0.3) is 5.91 Å². The molecule has 3 N–H and O–H groups in total. The van der Waals surface area contributed by atoms with Crippen LogP contribution in [0.2, 0.25) is 0 Å². The zero-order valence-corrected chi connectivity index (χ0v) is 13.0. The van der Waals surface area contributed by atoms with Crippen LogP contribution < -0.4 is 11.1 Å². The van der Waals surface area contributed by atoms with Gasteiger partial charge in [-0.15, -0.1) is 11.3 Å². The highest BCUT2D eigenvalue weighted by Gasteiger charge is 2.14. The van der Waals surface area contributed by atoms with Crippen LogP contribution in [0.1, 0.15) is 39.9 Å². The molecule has 0 atom stereocenters. The maximum absolute atomic E-state index is 12.2. The molecule has 5 heteroatoms. The molecule has 1 heterocycles. The van der Waals surface area contributed by atoms with Crippen molar-refractivity contribution in [1.29, 1.82) is 0 Å². The highest BCUT2D eigenvalue weighted by atomic mass is 32.1. The number of hydrogen-bond acceptors (Lipinski definition) is 3. The van der Waals surface area contributed by atoms with Gasteiger partial charge in [0.1, 0.15) is 5.00 Å².